The second-order valence-electron chi connectivity index (χ2n) is 3.79. The van der Waals surface area contributed by atoms with Crippen LogP contribution >= 0.6 is 50.7 Å². The zero-order chi connectivity index (χ0) is 13.3. The second-order valence-corrected chi connectivity index (χ2v) is 5.86. The van der Waals surface area contributed by atoms with Crippen molar-refractivity contribution in [1.82, 2.24) is 0 Å². The van der Waals surface area contributed by atoms with Gasteiger partial charge in [0, 0.05) is 9.50 Å². The first-order valence-corrected chi connectivity index (χ1v) is 7.08. The van der Waals surface area contributed by atoms with E-state index in [9.17, 15) is 0 Å². The molecule has 0 saturated heterocycles. The summed E-state index contributed by atoms with van der Waals surface area (Å²) in [4.78, 5) is 0. The summed E-state index contributed by atoms with van der Waals surface area (Å²) < 4.78 is 0.846. The van der Waals surface area contributed by atoms with E-state index in [1.807, 2.05) is 18.2 Å². The molecule has 0 aromatic heterocycles. The van der Waals surface area contributed by atoms with Crippen LogP contribution in [-0.2, 0) is 0 Å². The van der Waals surface area contributed by atoms with Crippen LogP contribution in [0.25, 0.3) is 0 Å². The number of hydrogen-bond acceptors (Lipinski definition) is 1. The number of hydrogen-bond donors (Lipinski definition) is 1. The van der Waals surface area contributed by atoms with E-state index in [1.165, 1.54) is 0 Å². The standard InChI is InChI=1S/C13H9BrCl3N/c14-10-6-7(15)4-5-8(10)13(18)9-2-1-3-11(16)12(9)17/h1-6,13H,18H2. The zero-order valence-electron chi connectivity index (χ0n) is 9.13. The van der Waals surface area contributed by atoms with Crippen LogP contribution in [0.15, 0.2) is 40.9 Å². The Kier molecular flexibility index (Phi) is 4.57. The van der Waals surface area contributed by atoms with Gasteiger partial charge in [0.15, 0.2) is 0 Å². The van der Waals surface area contributed by atoms with E-state index in [0.29, 0.717) is 15.1 Å². The zero-order valence-corrected chi connectivity index (χ0v) is 13.0. The first-order valence-electron chi connectivity index (χ1n) is 5.15. The first-order chi connectivity index (χ1) is 8.50. The fourth-order valence-electron chi connectivity index (χ4n) is 1.68. The van der Waals surface area contributed by atoms with E-state index in [2.05, 4.69) is 15.9 Å². The number of nitrogens with two attached hydrogens (primary N) is 1. The maximum absolute atomic E-state index is 6.22. The smallest absolute Gasteiger partial charge is 0.0643 e. The van der Waals surface area contributed by atoms with Crippen LogP contribution < -0.4 is 5.73 Å². The molecule has 2 rings (SSSR count). The van der Waals surface area contributed by atoms with Crippen LogP contribution in [0.3, 0.4) is 0 Å². The van der Waals surface area contributed by atoms with Crippen molar-refractivity contribution in [1.29, 1.82) is 0 Å². The van der Waals surface area contributed by atoms with Gasteiger partial charge in [0.25, 0.3) is 0 Å². The Morgan fingerprint density at radius 1 is 1.00 bits per heavy atom. The first kappa shape index (κ1) is 14.2. The summed E-state index contributed by atoms with van der Waals surface area (Å²) in [6, 6.07) is 10.5. The summed E-state index contributed by atoms with van der Waals surface area (Å²) in [6.45, 7) is 0. The molecule has 2 aromatic rings. The highest BCUT2D eigenvalue weighted by atomic mass is 79.9. The summed E-state index contributed by atoms with van der Waals surface area (Å²) in [5, 5.41) is 1.62. The molecule has 0 aliphatic heterocycles. The lowest BCUT2D eigenvalue weighted by Crippen LogP contribution is -2.13. The topological polar surface area (TPSA) is 26.0 Å². The van der Waals surface area contributed by atoms with Gasteiger partial charge in [-0.1, -0.05) is 68.9 Å². The van der Waals surface area contributed by atoms with Crippen LogP contribution in [0.2, 0.25) is 15.1 Å². The van der Waals surface area contributed by atoms with Crippen molar-refractivity contribution >= 4 is 50.7 Å². The molecule has 0 fully saturated rings. The molecular formula is C13H9BrCl3N. The Hall–Kier alpha value is -0.250. The predicted octanol–water partition coefficient (Wildman–Crippen LogP) is 5.46. The van der Waals surface area contributed by atoms with E-state index in [1.54, 1.807) is 18.2 Å². The Morgan fingerprint density at radius 3 is 2.39 bits per heavy atom. The molecule has 0 spiro atoms. The van der Waals surface area contributed by atoms with Crippen molar-refractivity contribution in [3.63, 3.8) is 0 Å². The third-order valence-corrected chi connectivity index (χ3v) is 4.37. The van der Waals surface area contributed by atoms with Gasteiger partial charge in [-0.25, -0.2) is 0 Å². The quantitative estimate of drug-likeness (QED) is 0.752. The number of benzene rings is 2. The molecule has 0 aliphatic rings. The molecule has 0 aliphatic carbocycles. The normalized spacial score (nSPS) is 12.5. The Labute approximate surface area is 129 Å². The molecule has 0 heterocycles. The van der Waals surface area contributed by atoms with Crippen molar-refractivity contribution in [2.75, 3.05) is 0 Å². The van der Waals surface area contributed by atoms with Gasteiger partial charge >= 0.3 is 0 Å². The Balaban J connectivity index is 2.48. The third kappa shape index (κ3) is 2.84. The molecule has 18 heavy (non-hydrogen) atoms. The lowest BCUT2D eigenvalue weighted by molar-refractivity contribution is 0.866. The minimum absolute atomic E-state index is 0.358. The second kappa shape index (κ2) is 5.81. The maximum Gasteiger partial charge on any atom is 0.0643 e. The monoisotopic (exact) mass is 363 g/mol. The van der Waals surface area contributed by atoms with Gasteiger partial charge < -0.3 is 5.73 Å². The minimum atomic E-state index is -0.358. The maximum atomic E-state index is 6.22. The van der Waals surface area contributed by atoms with Crippen molar-refractivity contribution in [3.8, 4) is 0 Å². The van der Waals surface area contributed by atoms with Gasteiger partial charge in [0.2, 0.25) is 0 Å². The summed E-state index contributed by atoms with van der Waals surface area (Å²) in [5.41, 5.74) is 7.91. The minimum Gasteiger partial charge on any atom is -0.320 e. The van der Waals surface area contributed by atoms with Crippen molar-refractivity contribution in [2.45, 2.75) is 6.04 Å². The molecule has 1 atom stereocenters. The molecule has 0 radical (unpaired) electrons. The summed E-state index contributed by atoms with van der Waals surface area (Å²) in [5.74, 6) is 0. The van der Waals surface area contributed by atoms with Crippen LogP contribution in [0.5, 0.6) is 0 Å². The average Bonchev–Trinajstić information content (AvgIpc) is 2.32. The fraction of sp³-hybridized carbons (Fsp3) is 0.0769. The van der Waals surface area contributed by atoms with E-state index in [0.717, 1.165) is 15.6 Å². The van der Waals surface area contributed by atoms with Crippen LogP contribution in [0, 0.1) is 0 Å². The molecule has 0 bridgehead atoms. The Morgan fingerprint density at radius 2 is 1.72 bits per heavy atom. The highest BCUT2D eigenvalue weighted by Crippen LogP contribution is 2.35. The van der Waals surface area contributed by atoms with Gasteiger partial charge in [-0.2, -0.15) is 0 Å². The van der Waals surface area contributed by atoms with Crippen LogP contribution in [0.4, 0.5) is 0 Å². The molecule has 2 aromatic carbocycles. The van der Waals surface area contributed by atoms with Crippen molar-refractivity contribution in [3.05, 3.63) is 67.1 Å². The molecule has 1 unspecified atom stereocenters. The highest BCUT2D eigenvalue weighted by Gasteiger charge is 2.16. The molecule has 94 valence electrons. The van der Waals surface area contributed by atoms with E-state index in [4.69, 9.17) is 40.5 Å². The Bertz CT molecular complexity index is 586. The van der Waals surface area contributed by atoms with Gasteiger partial charge in [0.1, 0.15) is 0 Å². The SMILES string of the molecule is NC(c1ccc(Cl)cc1Br)c1cccc(Cl)c1Cl. The summed E-state index contributed by atoms with van der Waals surface area (Å²) in [6.07, 6.45) is 0. The predicted molar refractivity (Wildman–Crippen MR) is 81.6 cm³/mol. The lowest BCUT2D eigenvalue weighted by Gasteiger charge is -2.16. The van der Waals surface area contributed by atoms with Crippen LogP contribution in [-0.4, -0.2) is 0 Å². The van der Waals surface area contributed by atoms with Gasteiger partial charge in [-0.15, -0.1) is 0 Å². The largest absolute Gasteiger partial charge is 0.320 e. The number of halogens is 4. The molecule has 0 saturated carbocycles. The lowest BCUT2D eigenvalue weighted by atomic mass is 10.00. The fourth-order valence-corrected chi connectivity index (χ4v) is 3.04. The van der Waals surface area contributed by atoms with E-state index in [-0.39, 0.29) is 6.04 Å². The third-order valence-electron chi connectivity index (χ3n) is 2.61. The highest BCUT2D eigenvalue weighted by molar-refractivity contribution is 9.10. The van der Waals surface area contributed by atoms with Crippen molar-refractivity contribution < 1.29 is 0 Å². The number of rotatable bonds is 2. The molecule has 1 nitrogen and oxygen atoms in total. The molecule has 2 N–H and O–H groups in total. The average molecular weight is 365 g/mol. The molecule has 5 heteroatoms. The summed E-state index contributed by atoms with van der Waals surface area (Å²) >= 11 is 21.5. The molecular weight excluding hydrogens is 356 g/mol. The van der Waals surface area contributed by atoms with Gasteiger partial charge in [-0.3, -0.25) is 0 Å². The van der Waals surface area contributed by atoms with Crippen LogP contribution in [0.1, 0.15) is 17.2 Å². The van der Waals surface area contributed by atoms with E-state index >= 15 is 0 Å². The summed E-state index contributed by atoms with van der Waals surface area (Å²) in [7, 11) is 0. The van der Waals surface area contributed by atoms with Crippen molar-refractivity contribution in [2.24, 2.45) is 5.73 Å². The van der Waals surface area contributed by atoms with Gasteiger partial charge in [-0.05, 0) is 29.3 Å². The molecule has 0 amide bonds. The van der Waals surface area contributed by atoms with E-state index < -0.39 is 0 Å². The van der Waals surface area contributed by atoms with Gasteiger partial charge in [0.05, 0.1) is 16.1 Å².